The summed E-state index contributed by atoms with van der Waals surface area (Å²) in [5, 5.41) is 9.20. The molecule has 0 spiro atoms. The third-order valence-corrected chi connectivity index (χ3v) is 4.29. The number of sulfonamides is 1. The first-order chi connectivity index (χ1) is 8.77. The molecule has 0 saturated carbocycles. The zero-order chi connectivity index (χ0) is 14.6. The van der Waals surface area contributed by atoms with Gasteiger partial charge in [-0.1, -0.05) is 23.7 Å². The predicted octanol–water partition coefficient (Wildman–Crippen LogP) is 1.96. The molecule has 5 nitrogen and oxygen atoms in total. The Hall–Kier alpha value is -1.37. The average molecular weight is 304 g/mol. The van der Waals surface area contributed by atoms with Crippen LogP contribution in [0.15, 0.2) is 35.7 Å². The van der Waals surface area contributed by atoms with Gasteiger partial charge in [-0.05, 0) is 31.0 Å². The Balaban J connectivity index is 3.13. The fourth-order valence-electron chi connectivity index (χ4n) is 1.48. The minimum absolute atomic E-state index is 0.00578. The van der Waals surface area contributed by atoms with E-state index in [2.05, 4.69) is 11.3 Å². The average Bonchev–Trinajstić information content (AvgIpc) is 2.31. The highest BCUT2D eigenvalue weighted by molar-refractivity contribution is 7.89. The number of nitrogens with one attached hydrogen (secondary N) is 1. The van der Waals surface area contributed by atoms with Gasteiger partial charge in [0.15, 0.2) is 0 Å². The van der Waals surface area contributed by atoms with Crippen LogP contribution in [0.5, 0.6) is 0 Å². The molecule has 0 aliphatic rings. The van der Waals surface area contributed by atoms with Gasteiger partial charge in [0.1, 0.15) is 6.04 Å². The van der Waals surface area contributed by atoms with Gasteiger partial charge in [0.05, 0.1) is 4.90 Å². The Bertz CT molecular complexity index is 598. The van der Waals surface area contributed by atoms with Gasteiger partial charge in [-0.15, -0.1) is 6.58 Å². The summed E-state index contributed by atoms with van der Waals surface area (Å²) in [5.74, 6) is -1.26. The van der Waals surface area contributed by atoms with Crippen LogP contribution in [0.3, 0.4) is 0 Å². The van der Waals surface area contributed by atoms with E-state index in [0.717, 1.165) is 0 Å². The van der Waals surface area contributed by atoms with Crippen molar-refractivity contribution in [2.75, 3.05) is 0 Å². The number of carbonyl (C=O) groups is 1. The van der Waals surface area contributed by atoms with Crippen molar-refractivity contribution in [1.82, 2.24) is 4.72 Å². The second kappa shape index (κ2) is 6.18. The van der Waals surface area contributed by atoms with E-state index in [1.165, 1.54) is 12.1 Å². The molecule has 0 aliphatic heterocycles. The van der Waals surface area contributed by atoms with Gasteiger partial charge in [-0.3, -0.25) is 4.79 Å². The lowest BCUT2D eigenvalue weighted by Gasteiger charge is -2.14. The maximum absolute atomic E-state index is 12.1. The summed E-state index contributed by atoms with van der Waals surface area (Å²) in [6.45, 7) is 5.00. The molecule has 1 aromatic carbocycles. The number of aryl methyl sites for hydroxylation is 1. The Kier molecular flexibility index (Phi) is 5.11. The summed E-state index contributed by atoms with van der Waals surface area (Å²) in [4.78, 5) is 10.9. The first-order valence-electron chi connectivity index (χ1n) is 5.40. The van der Waals surface area contributed by atoms with E-state index in [1.807, 2.05) is 0 Å². The van der Waals surface area contributed by atoms with Gasteiger partial charge in [0.2, 0.25) is 10.0 Å². The largest absolute Gasteiger partial charge is 0.480 e. The summed E-state index contributed by atoms with van der Waals surface area (Å²) in [6, 6.07) is 3.15. The number of carboxylic acid groups (broad SMARTS) is 1. The van der Waals surface area contributed by atoms with Crippen LogP contribution in [0.2, 0.25) is 5.02 Å². The van der Waals surface area contributed by atoms with Gasteiger partial charge in [-0.25, -0.2) is 8.42 Å². The molecule has 104 valence electrons. The molecule has 1 atom stereocenters. The third-order valence-electron chi connectivity index (χ3n) is 2.44. The summed E-state index contributed by atoms with van der Waals surface area (Å²) < 4.78 is 26.4. The van der Waals surface area contributed by atoms with E-state index in [1.54, 1.807) is 19.1 Å². The molecule has 0 aromatic heterocycles. The fourth-order valence-corrected chi connectivity index (χ4v) is 3.19. The molecule has 0 radical (unpaired) electrons. The van der Waals surface area contributed by atoms with Crippen molar-refractivity contribution in [3.63, 3.8) is 0 Å². The lowest BCUT2D eigenvalue weighted by Crippen LogP contribution is -2.40. The van der Waals surface area contributed by atoms with Crippen molar-refractivity contribution in [2.24, 2.45) is 0 Å². The molecule has 0 aliphatic carbocycles. The maximum Gasteiger partial charge on any atom is 0.322 e. The van der Waals surface area contributed by atoms with E-state index >= 15 is 0 Å². The fraction of sp³-hybridized carbons (Fsp3) is 0.250. The van der Waals surface area contributed by atoms with E-state index in [4.69, 9.17) is 16.7 Å². The number of hydrogen-bond donors (Lipinski definition) is 2. The molecule has 2 N–H and O–H groups in total. The highest BCUT2D eigenvalue weighted by Gasteiger charge is 2.25. The Morgan fingerprint density at radius 1 is 1.58 bits per heavy atom. The van der Waals surface area contributed by atoms with Crippen LogP contribution in [0.1, 0.15) is 12.0 Å². The first kappa shape index (κ1) is 15.7. The number of carboxylic acids is 1. The van der Waals surface area contributed by atoms with Crippen LogP contribution in [0, 0.1) is 6.92 Å². The monoisotopic (exact) mass is 303 g/mol. The lowest BCUT2D eigenvalue weighted by molar-refractivity contribution is -0.138. The quantitative estimate of drug-likeness (QED) is 0.787. The Labute approximate surface area is 117 Å². The molecule has 1 rings (SSSR count). The number of benzene rings is 1. The van der Waals surface area contributed by atoms with Gasteiger partial charge in [-0.2, -0.15) is 4.72 Å². The highest BCUT2D eigenvalue weighted by atomic mass is 35.5. The molecule has 0 bridgehead atoms. The number of rotatable bonds is 6. The first-order valence-corrected chi connectivity index (χ1v) is 7.26. The van der Waals surface area contributed by atoms with Crippen molar-refractivity contribution < 1.29 is 18.3 Å². The molecule has 0 heterocycles. The maximum atomic E-state index is 12.1. The molecule has 0 fully saturated rings. The van der Waals surface area contributed by atoms with Gasteiger partial charge < -0.3 is 5.11 Å². The van der Waals surface area contributed by atoms with E-state index < -0.39 is 22.0 Å². The van der Waals surface area contributed by atoms with Crippen LogP contribution in [0.25, 0.3) is 0 Å². The smallest absolute Gasteiger partial charge is 0.322 e. The minimum atomic E-state index is -3.94. The summed E-state index contributed by atoms with van der Waals surface area (Å²) >= 11 is 5.76. The molecule has 19 heavy (non-hydrogen) atoms. The minimum Gasteiger partial charge on any atom is -0.480 e. The predicted molar refractivity (Wildman–Crippen MR) is 72.7 cm³/mol. The molecule has 0 saturated heterocycles. The van der Waals surface area contributed by atoms with E-state index in [-0.39, 0.29) is 16.3 Å². The molecule has 7 heteroatoms. The number of aliphatic carboxylic acids is 1. The van der Waals surface area contributed by atoms with Gasteiger partial charge >= 0.3 is 5.97 Å². The standard InChI is InChI=1S/C12H14ClNO4S/c1-3-4-10(12(15)16)14-19(17,18)11-7-9(13)6-5-8(11)2/h3,5-7,10,14H,1,4H2,2H3,(H,15,16). The van der Waals surface area contributed by atoms with Crippen molar-refractivity contribution in [3.05, 3.63) is 41.4 Å². The molecule has 0 amide bonds. The SMILES string of the molecule is C=CCC(NS(=O)(=O)c1cc(Cl)ccc1C)C(=O)O. The zero-order valence-electron chi connectivity index (χ0n) is 10.3. The van der Waals surface area contributed by atoms with Crippen LogP contribution in [0.4, 0.5) is 0 Å². The number of halogens is 1. The normalized spacial score (nSPS) is 12.9. The van der Waals surface area contributed by atoms with Crippen molar-refractivity contribution in [1.29, 1.82) is 0 Å². The van der Waals surface area contributed by atoms with Crippen LogP contribution in [-0.2, 0) is 14.8 Å². The third kappa shape index (κ3) is 4.05. The molecule has 1 unspecified atom stereocenters. The van der Waals surface area contributed by atoms with Gasteiger partial charge in [0.25, 0.3) is 0 Å². The summed E-state index contributed by atoms with van der Waals surface area (Å²) in [5.41, 5.74) is 0.486. The lowest BCUT2D eigenvalue weighted by atomic mass is 10.2. The van der Waals surface area contributed by atoms with E-state index in [9.17, 15) is 13.2 Å². The zero-order valence-corrected chi connectivity index (χ0v) is 11.8. The van der Waals surface area contributed by atoms with Crippen molar-refractivity contribution in [3.8, 4) is 0 Å². The second-order valence-corrected chi connectivity index (χ2v) is 6.07. The Morgan fingerprint density at radius 3 is 2.74 bits per heavy atom. The van der Waals surface area contributed by atoms with Crippen molar-refractivity contribution in [2.45, 2.75) is 24.3 Å². The Morgan fingerprint density at radius 2 is 2.21 bits per heavy atom. The van der Waals surface area contributed by atoms with Crippen LogP contribution >= 0.6 is 11.6 Å². The topological polar surface area (TPSA) is 83.5 Å². The molecule has 1 aromatic rings. The molecular formula is C12H14ClNO4S. The second-order valence-electron chi connectivity index (χ2n) is 3.95. The van der Waals surface area contributed by atoms with Crippen molar-refractivity contribution >= 4 is 27.6 Å². The summed E-state index contributed by atoms with van der Waals surface area (Å²) in [6.07, 6.45) is 1.33. The van der Waals surface area contributed by atoms with Crippen LogP contribution in [-0.4, -0.2) is 25.5 Å². The summed E-state index contributed by atoms with van der Waals surface area (Å²) in [7, 11) is -3.94. The van der Waals surface area contributed by atoms with Crippen LogP contribution < -0.4 is 4.72 Å². The highest BCUT2D eigenvalue weighted by Crippen LogP contribution is 2.20. The molecular weight excluding hydrogens is 290 g/mol. The van der Waals surface area contributed by atoms with E-state index in [0.29, 0.717) is 5.56 Å². The van der Waals surface area contributed by atoms with Gasteiger partial charge in [0, 0.05) is 5.02 Å². The number of hydrogen-bond acceptors (Lipinski definition) is 3.